The van der Waals surface area contributed by atoms with Gasteiger partial charge in [0.05, 0.1) is 30.9 Å². The fourth-order valence-corrected chi connectivity index (χ4v) is 3.20. The van der Waals surface area contributed by atoms with Gasteiger partial charge in [0.1, 0.15) is 11.8 Å². The number of nitriles is 1. The molecule has 0 saturated heterocycles. The van der Waals surface area contributed by atoms with Crippen LogP contribution in [0.4, 0.5) is 0 Å². The molecule has 0 amide bonds. The number of nitrogens with zero attached hydrogens (tertiary/aromatic N) is 1. The number of ether oxygens (including phenoxy) is 1. The summed E-state index contributed by atoms with van der Waals surface area (Å²) in [6, 6.07) is 7.71. The zero-order valence-corrected chi connectivity index (χ0v) is 17.4. The van der Waals surface area contributed by atoms with E-state index >= 15 is 0 Å². The van der Waals surface area contributed by atoms with E-state index < -0.39 is 14.2 Å². The van der Waals surface area contributed by atoms with Gasteiger partial charge in [0.15, 0.2) is 8.69 Å². The highest BCUT2D eigenvalue weighted by Gasteiger charge is 2.24. The number of rotatable bonds is 15. The highest BCUT2D eigenvalue weighted by Crippen LogP contribution is 2.22. The Hall–Kier alpha value is -1.38. The first-order valence-corrected chi connectivity index (χ1v) is 10.6. The molecular formula is C20H33N2O4P. The number of aryl methyl sites for hydroxylation is 1. The molecule has 0 bridgehead atoms. The van der Waals surface area contributed by atoms with E-state index in [1.165, 1.54) is 25.7 Å². The van der Waals surface area contributed by atoms with Crippen LogP contribution in [-0.4, -0.2) is 30.5 Å². The van der Waals surface area contributed by atoms with Crippen molar-refractivity contribution in [3.05, 3.63) is 29.3 Å². The first kappa shape index (κ1) is 23.7. The van der Waals surface area contributed by atoms with E-state index in [4.69, 9.17) is 15.0 Å². The Bertz CT molecular complexity index is 606. The van der Waals surface area contributed by atoms with Crippen LogP contribution < -0.4 is 10.5 Å². The van der Waals surface area contributed by atoms with Crippen molar-refractivity contribution in [3.8, 4) is 11.8 Å². The van der Waals surface area contributed by atoms with Gasteiger partial charge in [-0.05, 0) is 37.0 Å². The number of unbranched alkanes of at least 4 members (excludes halogenated alkanes) is 5. The lowest BCUT2D eigenvalue weighted by Crippen LogP contribution is -2.47. The molecule has 27 heavy (non-hydrogen) atoms. The Kier molecular flexibility index (Phi) is 12.0. The molecule has 2 atom stereocenters. The van der Waals surface area contributed by atoms with E-state index in [2.05, 4.69) is 13.0 Å². The average molecular weight is 396 g/mol. The molecule has 0 saturated carbocycles. The molecule has 1 aromatic carbocycles. The summed E-state index contributed by atoms with van der Waals surface area (Å²) in [4.78, 5) is 0. The van der Waals surface area contributed by atoms with Gasteiger partial charge in [-0.3, -0.25) is 4.57 Å². The van der Waals surface area contributed by atoms with Gasteiger partial charge in [-0.1, -0.05) is 45.1 Å². The van der Waals surface area contributed by atoms with Gasteiger partial charge < -0.3 is 20.1 Å². The van der Waals surface area contributed by atoms with Crippen molar-refractivity contribution >= 4 is 8.69 Å². The maximum Gasteiger partial charge on any atom is 0.180 e. The lowest BCUT2D eigenvalue weighted by atomic mass is 9.93. The summed E-state index contributed by atoms with van der Waals surface area (Å²) >= 11 is 0. The number of aliphatic hydroxyl groups excluding tert-OH is 1. The van der Waals surface area contributed by atoms with Crippen LogP contribution in [0.5, 0.6) is 5.75 Å². The lowest BCUT2D eigenvalue weighted by molar-refractivity contribution is 0.133. The second kappa shape index (κ2) is 13.7. The van der Waals surface area contributed by atoms with Gasteiger partial charge in [-0.2, -0.15) is 5.26 Å². The highest BCUT2D eigenvalue weighted by molar-refractivity contribution is 7.17. The number of hydrogen-bond acceptors (Lipinski definition) is 6. The molecule has 7 heteroatoms. The zero-order valence-electron chi connectivity index (χ0n) is 16.3. The van der Waals surface area contributed by atoms with E-state index in [0.717, 1.165) is 18.4 Å². The number of hydrogen-bond donors (Lipinski definition) is 2. The molecule has 0 heterocycles. The monoisotopic (exact) mass is 396 g/mol. The fraction of sp³-hybridized carbons (Fsp3) is 0.650. The third-order valence-corrected chi connectivity index (χ3v) is 4.89. The summed E-state index contributed by atoms with van der Waals surface area (Å²) in [6.07, 6.45) is 8.21. The molecule has 1 aromatic rings. The minimum atomic E-state index is -1.34. The minimum absolute atomic E-state index is 0.0485. The summed E-state index contributed by atoms with van der Waals surface area (Å²) in [7, 11) is -1.34. The van der Waals surface area contributed by atoms with Gasteiger partial charge in [0.25, 0.3) is 0 Å². The van der Waals surface area contributed by atoms with Crippen molar-refractivity contribution in [1.29, 1.82) is 5.26 Å². The number of aliphatic hydroxyl groups is 1. The largest absolute Gasteiger partial charge is 0.492 e. The van der Waals surface area contributed by atoms with Crippen LogP contribution in [0.3, 0.4) is 0 Å². The van der Waals surface area contributed by atoms with Gasteiger partial charge in [0.2, 0.25) is 0 Å². The molecule has 0 fully saturated rings. The van der Waals surface area contributed by atoms with E-state index in [9.17, 15) is 14.9 Å². The normalized spacial score (nSPS) is 13.6. The molecule has 0 radical (unpaired) electrons. The first-order valence-electron chi connectivity index (χ1n) is 9.69. The molecular weight excluding hydrogens is 363 g/mol. The minimum Gasteiger partial charge on any atom is -0.492 e. The molecule has 0 aromatic heterocycles. The van der Waals surface area contributed by atoms with E-state index in [-0.39, 0.29) is 13.2 Å². The molecule has 152 valence electrons. The third-order valence-electron chi connectivity index (χ3n) is 4.59. The van der Waals surface area contributed by atoms with E-state index in [1.807, 2.05) is 12.1 Å². The van der Waals surface area contributed by atoms with Crippen LogP contribution >= 0.6 is 8.69 Å². The first-order chi connectivity index (χ1) is 13.1. The zero-order chi connectivity index (χ0) is 20.0. The van der Waals surface area contributed by atoms with Crippen LogP contribution in [0.2, 0.25) is 0 Å². The smallest absolute Gasteiger partial charge is 0.180 e. The summed E-state index contributed by atoms with van der Waals surface area (Å²) in [5.74, 6) is 0.606. The van der Waals surface area contributed by atoms with Crippen LogP contribution in [0, 0.1) is 11.3 Å². The molecule has 1 rings (SSSR count). The average Bonchev–Trinajstić information content (AvgIpc) is 2.70. The van der Waals surface area contributed by atoms with Crippen LogP contribution in [0.1, 0.15) is 63.0 Å². The third kappa shape index (κ3) is 9.39. The summed E-state index contributed by atoms with van der Waals surface area (Å²) in [6.45, 7) is 2.62. The predicted molar refractivity (Wildman–Crippen MR) is 109 cm³/mol. The van der Waals surface area contributed by atoms with Gasteiger partial charge in [-0.15, -0.1) is 0 Å². The molecule has 0 aliphatic heterocycles. The highest BCUT2D eigenvalue weighted by atomic mass is 31.1. The van der Waals surface area contributed by atoms with E-state index in [1.54, 1.807) is 6.07 Å². The predicted octanol–water partition coefficient (Wildman–Crippen LogP) is 3.61. The topological polar surface area (TPSA) is 106 Å². The van der Waals surface area contributed by atoms with Crippen molar-refractivity contribution < 1.29 is 18.9 Å². The Labute approximate surface area is 164 Å². The molecule has 3 N–H and O–H groups in total. The van der Waals surface area contributed by atoms with Gasteiger partial charge in [-0.25, -0.2) is 0 Å². The van der Waals surface area contributed by atoms with Crippen molar-refractivity contribution in [1.82, 2.24) is 0 Å². The maximum atomic E-state index is 10.5. The van der Waals surface area contributed by atoms with Gasteiger partial charge in [0, 0.05) is 0 Å². The van der Waals surface area contributed by atoms with Crippen molar-refractivity contribution in [2.45, 2.75) is 63.8 Å². The Morgan fingerprint density at radius 1 is 1.26 bits per heavy atom. The van der Waals surface area contributed by atoms with Crippen LogP contribution in [-0.2, 0) is 15.5 Å². The summed E-state index contributed by atoms with van der Waals surface area (Å²) in [5.41, 5.74) is 6.58. The van der Waals surface area contributed by atoms with Crippen molar-refractivity contribution in [2.24, 2.45) is 5.73 Å². The summed E-state index contributed by atoms with van der Waals surface area (Å²) < 4.78 is 21.2. The maximum absolute atomic E-state index is 10.5. The number of benzene rings is 1. The quantitative estimate of drug-likeness (QED) is 0.347. The second-order valence-corrected chi connectivity index (χ2v) is 7.51. The van der Waals surface area contributed by atoms with Gasteiger partial charge >= 0.3 is 0 Å². The fourth-order valence-electron chi connectivity index (χ4n) is 2.80. The Balaban J connectivity index is 2.51. The molecule has 6 nitrogen and oxygen atoms in total. The summed E-state index contributed by atoms with van der Waals surface area (Å²) in [5, 5.41) is 18.8. The van der Waals surface area contributed by atoms with Crippen molar-refractivity contribution in [2.75, 3.05) is 19.8 Å². The van der Waals surface area contributed by atoms with Crippen LogP contribution in [0.25, 0.3) is 0 Å². The Morgan fingerprint density at radius 3 is 2.67 bits per heavy atom. The van der Waals surface area contributed by atoms with Crippen molar-refractivity contribution in [3.63, 3.8) is 0 Å². The molecule has 0 aliphatic rings. The SMILES string of the molecule is CCCCCCCCOc1ccc(CCC(N)(CO)CO[PH2]=O)cc1C#N. The second-order valence-electron chi connectivity index (χ2n) is 6.99. The standard InChI is InChI=1S/C20H33N2O4P/c1-2-3-4-5-6-7-12-25-19-9-8-17(13-18(19)14-21)10-11-20(22,15-23)16-26-27-24/h8-9,13,23H,2-7,10-12,15-16,22,27H2,1H3. The van der Waals surface area contributed by atoms with E-state index in [0.29, 0.717) is 30.8 Å². The molecule has 0 spiro atoms. The lowest BCUT2D eigenvalue weighted by Gasteiger charge is -2.26. The molecule has 0 aliphatic carbocycles. The molecule has 2 unspecified atom stereocenters. The Morgan fingerprint density at radius 2 is 2.00 bits per heavy atom. The number of nitrogens with two attached hydrogens (primary N) is 1. The van der Waals surface area contributed by atoms with Crippen LogP contribution in [0.15, 0.2) is 18.2 Å².